The Balaban J connectivity index is 4.38. The monoisotopic (exact) mass is 244 g/mol. The fraction of sp³-hybridized carbons (Fsp3) is 0.333. The molecule has 0 aromatic rings. The molecule has 0 atom stereocenters. The van der Waals surface area contributed by atoms with Crippen LogP contribution in [-0.2, 0) is 0 Å². The van der Waals surface area contributed by atoms with Gasteiger partial charge >= 0.3 is 0 Å². The van der Waals surface area contributed by atoms with Crippen LogP contribution in [-0.4, -0.2) is 5.92 Å². The highest BCUT2D eigenvalue weighted by atomic mass is 127. The number of halogens is 3. The van der Waals surface area contributed by atoms with Gasteiger partial charge in [-0.2, -0.15) is 8.78 Å². The molecule has 3 heteroatoms. The molecule has 0 N–H and O–H groups in total. The standard InChI is InChI=1S/C6H7F2I/c1-4(2)6(7,8)5(3)9/h1,3H2,2H3. The zero-order chi connectivity index (χ0) is 7.65. The molecule has 0 aromatic carbocycles. The van der Waals surface area contributed by atoms with Crippen LogP contribution in [0.4, 0.5) is 8.78 Å². The van der Waals surface area contributed by atoms with Crippen LogP contribution in [0.1, 0.15) is 6.92 Å². The highest BCUT2D eigenvalue weighted by Crippen LogP contribution is 2.33. The number of hydrogen-bond donors (Lipinski definition) is 0. The van der Waals surface area contributed by atoms with E-state index in [-0.39, 0.29) is 9.15 Å². The summed E-state index contributed by atoms with van der Waals surface area (Å²) in [6, 6.07) is 0. The number of hydrogen-bond acceptors (Lipinski definition) is 0. The fourth-order valence-electron chi connectivity index (χ4n) is 0.232. The molecule has 9 heavy (non-hydrogen) atoms. The molecule has 0 bridgehead atoms. The van der Waals surface area contributed by atoms with Crippen LogP contribution in [0, 0.1) is 0 Å². The molecule has 0 nitrogen and oxygen atoms in total. The minimum atomic E-state index is -2.90. The maximum absolute atomic E-state index is 12.5. The van der Waals surface area contributed by atoms with Crippen LogP contribution in [0.5, 0.6) is 0 Å². The van der Waals surface area contributed by atoms with Gasteiger partial charge in [0.05, 0.1) is 3.58 Å². The molecule has 0 heterocycles. The smallest absolute Gasteiger partial charge is 0.196 e. The van der Waals surface area contributed by atoms with E-state index in [1.54, 1.807) is 0 Å². The second-order valence-electron chi connectivity index (χ2n) is 1.76. The van der Waals surface area contributed by atoms with Crippen molar-refractivity contribution in [2.45, 2.75) is 12.8 Å². The molecule has 0 aliphatic heterocycles. The molecule has 0 fully saturated rings. The van der Waals surface area contributed by atoms with E-state index < -0.39 is 5.92 Å². The zero-order valence-corrected chi connectivity index (χ0v) is 7.21. The Bertz CT molecular complexity index is 133. The van der Waals surface area contributed by atoms with Crippen molar-refractivity contribution >= 4 is 22.6 Å². The van der Waals surface area contributed by atoms with Gasteiger partial charge in [-0.15, -0.1) is 0 Å². The number of rotatable bonds is 2. The third-order valence-corrected chi connectivity index (χ3v) is 1.55. The molecule has 52 valence electrons. The van der Waals surface area contributed by atoms with E-state index in [0.29, 0.717) is 0 Å². The summed E-state index contributed by atoms with van der Waals surface area (Å²) in [5.74, 6) is -2.90. The molecular formula is C6H7F2I. The highest BCUT2D eigenvalue weighted by molar-refractivity contribution is 14.1. The molecule has 0 amide bonds. The van der Waals surface area contributed by atoms with Crippen LogP contribution in [0.3, 0.4) is 0 Å². The summed E-state index contributed by atoms with van der Waals surface area (Å²) in [6.45, 7) is 7.54. The minimum Gasteiger partial charge on any atom is -0.196 e. The van der Waals surface area contributed by atoms with Crippen LogP contribution < -0.4 is 0 Å². The Morgan fingerprint density at radius 3 is 1.78 bits per heavy atom. The SMILES string of the molecule is C=C(C)C(F)(F)C(=C)I. The van der Waals surface area contributed by atoms with Gasteiger partial charge in [0.1, 0.15) is 0 Å². The largest absolute Gasteiger partial charge is 0.298 e. The van der Waals surface area contributed by atoms with Crippen molar-refractivity contribution in [3.63, 3.8) is 0 Å². The van der Waals surface area contributed by atoms with Gasteiger partial charge in [-0.3, -0.25) is 0 Å². The highest BCUT2D eigenvalue weighted by Gasteiger charge is 2.31. The van der Waals surface area contributed by atoms with Gasteiger partial charge in [0, 0.05) is 0 Å². The van der Waals surface area contributed by atoms with Gasteiger partial charge in [-0.1, -0.05) is 13.2 Å². The van der Waals surface area contributed by atoms with Crippen molar-refractivity contribution in [3.8, 4) is 0 Å². The van der Waals surface area contributed by atoms with E-state index in [4.69, 9.17) is 0 Å². The molecule has 0 rings (SSSR count). The lowest BCUT2D eigenvalue weighted by atomic mass is 10.2. The van der Waals surface area contributed by atoms with Gasteiger partial charge in [-0.25, -0.2) is 0 Å². The van der Waals surface area contributed by atoms with E-state index in [1.165, 1.54) is 29.5 Å². The molecule has 0 radical (unpaired) electrons. The molecular weight excluding hydrogens is 237 g/mol. The molecule has 0 saturated heterocycles. The Kier molecular flexibility index (Phi) is 2.79. The maximum Gasteiger partial charge on any atom is 0.298 e. The summed E-state index contributed by atoms with van der Waals surface area (Å²) < 4.78 is 24.7. The van der Waals surface area contributed by atoms with Gasteiger partial charge in [0.15, 0.2) is 0 Å². The van der Waals surface area contributed by atoms with Crippen LogP contribution in [0.25, 0.3) is 0 Å². The Morgan fingerprint density at radius 1 is 1.44 bits per heavy atom. The van der Waals surface area contributed by atoms with Crippen molar-refractivity contribution in [2.75, 3.05) is 0 Å². The lowest BCUT2D eigenvalue weighted by Crippen LogP contribution is -2.15. The lowest BCUT2D eigenvalue weighted by Gasteiger charge is -2.13. The second-order valence-corrected chi connectivity index (χ2v) is 3.06. The molecule has 0 saturated carbocycles. The average Bonchev–Trinajstić information content (AvgIpc) is 1.65. The summed E-state index contributed by atoms with van der Waals surface area (Å²) in [5.41, 5.74) is -0.165. The first-order chi connectivity index (χ1) is 3.89. The first kappa shape index (κ1) is 9.07. The summed E-state index contributed by atoms with van der Waals surface area (Å²) in [6.07, 6.45) is 0. The summed E-state index contributed by atoms with van der Waals surface area (Å²) in [7, 11) is 0. The van der Waals surface area contributed by atoms with E-state index in [9.17, 15) is 8.78 Å². The van der Waals surface area contributed by atoms with E-state index in [0.717, 1.165) is 0 Å². The van der Waals surface area contributed by atoms with Crippen molar-refractivity contribution in [1.82, 2.24) is 0 Å². The van der Waals surface area contributed by atoms with Crippen molar-refractivity contribution < 1.29 is 8.78 Å². The zero-order valence-electron chi connectivity index (χ0n) is 5.05. The maximum atomic E-state index is 12.5. The first-order valence-corrected chi connectivity index (χ1v) is 3.35. The molecule has 0 spiro atoms. The normalized spacial score (nSPS) is 11.1. The molecule has 0 aliphatic rings. The number of alkyl halides is 2. The van der Waals surface area contributed by atoms with Crippen molar-refractivity contribution in [2.24, 2.45) is 0 Å². The van der Waals surface area contributed by atoms with Crippen LogP contribution in [0.15, 0.2) is 22.3 Å². The summed E-state index contributed by atoms with van der Waals surface area (Å²) >= 11 is 1.50. The Labute approximate surface area is 66.8 Å². The minimum absolute atomic E-state index is 0.165. The third kappa shape index (κ3) is 2.04. The summed E-state index contributed by atoms with van der Waals surface area (Å²) in [5, 5.41) is 0. The topological polar surface area (TPSA) is 0 Å². The van der Waals surface area contributed by atoms with E-state index in [1.807, 2.05) is 0 Å². The van der Waals surface area contributed by atoms with E-state index >= 15 is 0 Å². The van der Waals surface area contributed by atoms with Crippen LogP contribution in [0.2, 0.25) is 0 Å². The Morgan fingerprint density at radius 2 is 1.78 bits per heavy atom. The molecule has 0 aliphatic carbocycles. The van der Waals surface area contributed by atoms with Gasteiger partial charge in [0.2, 0.25) is 0 Å². The predicted octanol–water partition coefficient (Wildman–Crippen LogP) is 3.15. The van der Waals surface area contributed by atoms with Crippen molar-refractivity contribution in [1.29, 1.82) is 0 Å². The first-order valence-electron chi connectivity index (χ1n) is 2.27. The lowest BCUT2D eigenvalue weighted by molar-refractivity contribution is 0.0960. The molecule has 0 aromatic heterocycles. The predicted molar refractivity (Wildman–Crippen MR) is 42.9 cm³/mol. The fourth-order valence-corrected chi connectivity index (χ4v) is 0.692. The van der Waals surface area contributed by atoms with Crippen molar-refractivity contribution in [3.05, 3.63) is 22.3 Å². The second kappa shape index (κ2) is 2.77. The summed E-state index contributed by atoms with van der Waals surface area (Å²) in [4.78, 5) is 0. The molecule has 0 unspecified atom stereocenters. The third-order valence-electron chi connectivity index (χ3n) is 0.877. The average molecular weight is 244 g/mol. The Hall–Kier alpha value is 0.0700. The van der Waals surface area contributed by atoms with Gasteiger partial charge < -0.3 is 0 Å². The number of allylic oxidation sites excluding steroid dienone is 2. The quantitative estimate of drug-likeness (QED) is 0.517. The van der Waals surface area contributed by atoms with Gasteiger partial charge in [-0.05, 0) is 35.1 Å². The van der Waals surface area contributed by atoms with Gasteiger partial charge in [0.25, 0.3) is 5.92 Å². The van der Waals surface area contributed by atoms with E-state index in [2.05, 4.69) is 13.2 Å². The van der Waals surface area contributed by atoms with Crippen LogP contribution >= 0.6 is 22.6 Å².